The average Bonchev–Trinajstić information content (AvgIpc) is 3.04. The van der Waals surface area contributed by atoms with Crippen LogP contribution in [0.4, 0.5) is 4.39 Å². The Morgan fingerprint density at radius 1 is 1.35 bits per heavy atom. The highest BCUT2D eigenvalue weighted by atomic mass is 19.1. The number of carbonyl (C=O) groups is 2. The van der Waals surface area contributed by atoms with Crippen molar-refractivity contribution in [2.24, 2.45) is 5.16 Å². The molecule has 1 fully saturated rings. The van der Waals surface area contributed by atoms with Crippen molar-refractivity contribution in [1.82, 2.24) is 4.90 Å². The normalized spacial score (nSPS) is 24.0. The maximum Gasteiger partial charge on any atom is 0.326 e. The van der Waals surface area contributed by atoms with E-state index in [1.54, 1.807) is 12.1 Å². The Balaban J connectivity index is 1.69. The zero-order chi connectivity index (χ0) is 16.4. The van der Waals surface area contributed by atoms with Crippen molar-refractivity contribution in [2.75, 3.05) is 6.54 Å². The van der Waals surface area contributed by atoms with Crippen molar-refractivity contribution >= 4 is 17.6 Å². The minimum Gasteiger partial charge on any atom is -0.480 e. The van der Waals surface area contributed by atoms with Gasteiger partial charge in [-0.1, -0.05) is 17.3 Å². The fourth-order valence-electron chi connectivity index (χ4n) is 2.99. The third-order valence-electron chi connectivity index (χ3n) is 4.17. The first-order valence-electron chi connectivity index (χ1n) is 7.58. The Morgan fingerprint density at radius 3 is 2.91 bits per heavy atom. The van der Waals surface area contributed by atoms with Crippen LogP contribution < -0.4 is 0 Å². The number of carboxylic acids is 1. The van der Waals surface area contributed by atoms with Gasteiger partial charge in [0.05, 0.1) is 5.71 Å². The molecule has 2 aliphatic rings. The molecule has 1 amide bonds. The summed E-state index contributed by atoms with van der Waals surface area (Å²) in [5, 5.41) is 13.1. The van der Waals surface area contributed by atoms with Crippen LogP contribution in [0.25, 0.3) is 0 Å². The number of hydrogen-bond donors (Lipinski definition) is 1. The molecule has 7 heteroatoms. The number of piperidine rings is 1. The first kappa shape index (κ1) is 15.5. The molecule has 1 aromatic rings. The van der Waals surface area contributed by atoms with Crippen LogP contribution in [0.1, 0.15) is 31.2 Å². The van der Waals surface area contributed by atoms with E-state index < -0.39 is 18.1 Å². The molecule has 1 N–H and O–H groups in total. The van der Waals surface area contributed by atoms with Crippen molar-refractivity contribution in [3.8, 4) is 0 Å². The molecule has 2 atom stereocenters. The van der Waals surface area contributed by atoms with Crippen LogP contribution in [0.5, 0.6) is 0 Å². The quantitative estimate of drug-likeness (QED) is 0.921. The van der Waals surface area contributed by atoms with E-state index >= 15 is 0 Å². The Bertz CT molecular complexity index is 661. The van der Waals surface area contributed by atoms with Gasteiger partial charge in [-0.2, -0.15) is 0 Å². The van der Waals surface area contributed by atoms with Gasteiger partial charge in [0.1, 0.15) is 11.9 Å². The molecule has 0 bridgehead atoms. The summed E-state index contributed by atoms with van der Waals surface area (Å²) in [5.41, 5.74) is 1.06. The van der Waals surface area contributed by atoms with Crippen molar-refractivity contribution in [3.05, 3.63) is 35.6 Å². The highest BCUT2D eigenvalue weighted by Crippen LogP contribution is 2.23. The van der Waals surface area contributed by atoms with Gasteiger partial charge >= 0.3 is 5.97 Å². The van der Waals surface area contributed by atoms with E-state index in [1.807, 2.05) is 0 Å². The van der Waals surface area contributed by atoms with Gasteiger partial charge in [0.15, 0.2) is 0 Å². The predicted octanol–water partition coefficient (Wildman–Crippen LogP) is 1.78. The molecule has 0 unspecified atom stereocenters. The van der Waals surface area contributed by atoms with Gasteiger partial charge in [-0.25, -0.2) is 9.18 Å². The van der Waals surface area contributed by atoms with E-state index in [2.05, 4.69) is 5.16 Å². The molecule has 0 aromatic heterocycles. The van der Waals surface area contributed by atoms with Gasteiger partial charge in [0.2, 0.25) is 6.10 Å². The van der Waals surface area contributed by atoms with Gasteiger partial charge < -0.3 is 14.8 Å². The number of nitrogens with zero attached hydrogens (tertiary/aromatic N) is 2. The summed E-state index contributed by atoms with van der Waals surface area (Å²) in [5.74, 6) is -1.75. The van der Waals surface area contributed by atoms with Crippen molar-refractivity contribution in [1.29, 1.82) is 0 Å². The average molecular weight is 320 g/mol. The van der Waals surface area contributed by atoms with Crippen LogP contribution in [-0.2, 0) is 14.4 Å². The van der Waals surface area contributed by atoms with Gasteiger partial charge in [0.25, 0.3) is 5.91 Å². The van der Waals surface area contributed by atoms with Crippen LogP contribution in [0.2, 0.25) is 0 Å². The fourth-order valence-corrected chi connectivity index (χ4v) is 2.99. The maximum absolute atomic E-state index is 13.3. The number of amides is 1. The van der Waals surface area contributed by atoms with Crippen LogP contribution in [0.15, 0.2) is 29.4 Å². The number of carbonyl (C=O) groups excluding carboxylic acids is 1. The van der Waals surface area contributed by atoms with Gasteiger partial charge in [0, 0.05) is 18.5 Å². The number of oxime groups is 1. The molecule has 0 saturated carbocycles. The minimum absolute atomic E-state index is 0.213. The summed E-state index contributed by atoms with van der Waals surface area (Å²) in [6, 6.07) is 5.11. The third kappa shape index (κ3) is 3.18. The van der Waals surface area contributed by atoms with Crippen LogP contribution in [-0.4, -0.2) is 46.3 Å². The maximum atomic E-state index is 13.3. The van der Waals surface area contributed by atoms with E-state index in [0.29, 0.717) is 24.2 Å². The summed E-state index contributed by atoms with van der Waals surface area (Å²) in [4.78, 5) is 30.4. The molecule has 1 aromatic carbocycles. The smallest absolute Gasteiger partial charge is 0.326 e. The third-order valence-corrected chi connectivity index (χ3v) is 4.17. The minimum atomic E-state index is -0.998. The zero-order valence-electron chi connectivity index (χ0n) is 12.4. The Kier molecular flexibility index (Phi) is 4.27. The summed E-state index contributed by atoms with van der Waals surface area (Å²) in [6.07, 6.45) is 1.39. The topological polar surface area (TPSA) is 79.2 Å². The standard InChI is InChI=1S/C16H17FN2O4/c17-11-5-3-4-10(8-11)12-9-14(23-18-12)15(20)19-7-2-1-6-13(19)16(21)22/h3-5,8,13-14H,1-2,6-7,9H2,(H,21,22)/t13-,14+/m1/s1. The molecule has 2 heterocycles. The van der Waals surface area contributed by atoms with Gasteiger partial charge in [-0.3, -0.25) is 4.79 Å². The molecule has 0 radical (unpaired) electrons. The highest BCUT2D eigenvalue weighted by molar-refractivity contribution is 6.04. The second-order valence-corrected chi connectivity index (χ2v) is 5.73. The monoisotopic (exact) mass is 320 g/mol. The second kappa shape index (κ2) is 6.36. The van der Waals surface area contributed by atoms with E-state index in [9.17, 15) is 19.1 Å². The van der Waals surface area contributed by atoms with E-state index in [1.165, 1.54) is 17.0 Å². The molecule has 0 aliphatic carbocycles. The summed E-state index contributed by atoms with van der Waals surface area (Å²) >= 11 is 0. The lowest BCUT2D eigenvalue weighted by atomic mass is 9.99. The van der Waals surface area contributed by atoms with Crippen LogP contribution in [0.3, 0.4) is 0 Å². The van der Waals surface area contributed by atoms with Crippen molar-refractivity contribution in [2.45, 2.75) is 37.8 Å². The SMILES string of the molecule is O=C(O)[C@H]1CCCCN1C(=O)[C@@H]1CC(c2cccc(F)c2)=NO1. The molecule has 1 saturated heterocycles. The predicted molar refractivity (Wildman–Crippen MR) is 79.4 cm³/mol. The Morgan fingerprint density at radius 2 is 2.17 bits per heavy atom. The van der Waals surface area contributed by atoms with Crippen LogP contribution >= 0.6 is 0 Å². The van der Waals surface area contributed by atoms with Crippen LogP contribution in [0, 0.1) is 5.82 Å². The van der Waals surface area contributed by atoms with Gasteiger partial charge in [-0.15, -0.1) is 0 Å². The summed E-state index contributed by atoms with van der Waals surface area (Å²) in [7, 11) is 0. The molecule has 2 aliphatic heterocycles. The lowest BCUT2D eigenvalue weighted by molar-refractivity contribution is -0.157. The second-order valence-electron chi connectivity index (χ2n) is 5.73. The molecule has 122 valence electrons. The van der Waals surface area contributed by atoms with E-state index in [-0.39, 0.29) is 18.1 Å². The molecular weight excluding hydrogens is 303 g/mol. The lowest BCUT2D eigenvalue weighted by Gasteiger charge is -2.33. The summed E-state index contributed by atoms with van der Waals surface area (Å²) in [6.45, 7) is 0.408. The molecule has 0 spiro atoms. The van der Waals surface area contributed by atoms with Crippen molar-refractivity contribution < 1.29 is 23.9 Å². The number of rotatable bonds is 3. The van der Waals surface area contributed by atoms with Crippen molar-refractivity contribution in [3.63, 3.8) is 0 Å². The molecule has 23 heavy (non-hydrogen) atoms. The Hall–Kier alpha value is -2.44. The first-order chi connectivity index (χ1) is 11.1. The molecular formula is C16H17FN2O4. The highest BCUT2D eigenvalue weighted by Gasteiger charge is 2.39. The lowest BCUT2D eigenvalue weighted by Crippen LogP contribution is -2.51. The number of likely N-dealkylation sites (tertiary alicyclic amines) is 1. The largest absolute Gasteiger partial charge is 0.480 e. The number of aliphatic carboxylic acids is 1. The number of carboxylic acid groups (broad SMARTS) is 1. The number of hydrogen-bond acceptors (Lipinski definition) is 4. The molecule has 3 rings (SSSR count). The Labute approximate surface area is 132 Å². The first-order valence-corrected chi connectivity index (χ1v) is 7.58. The zero-order valence-corrected chi connectivity index (χ0v) is 12.4. The molecule has 6 nitrogen and oxygen atoms in total. The number of benzene rings is 1. The van der Waals surface area contributed by atoms with E-state index in [4.69, 9.17) is 4.84 Å². The van der Waals surface area contributed by atoms with Gasteiger partial charge in [-0.05, 0) is 31.4 Å². The summed E-state index contributed by atoms with van der Waals surface area (Å²) < 4.78 is 13.3. The van der Waals surface area contributed by atoms with E-state index in [0.717, 1.165) is 12.8 Å². The number of halogens is 1. The fraction of sp³-hybridized carbons (Fsp3) is 0.438.